The maximum atomic E-state index is 13.5. The van der Waals surface area contributed by atoms with Crippen molar-refractivity contribution >= 4 is 17.4 Å². The van der Waals surface area contributed by atoms with Crippen LogP contribution < -0.4 is 0 Å². The second kappa shape index (κ2) is 7.59. The first-order chi connectivity index (χ1) is 13.8. The Balaban J connectivity index is 1.39. The summed E-state index contributed by atoms with van der Waals surface area (Å²) in [6.07, 6.45) is 12.9. The summed E-state index contributed by atoms with van der Waals surface area (Å²) in [4.78, 5) is 10.7. The van der Waals surface area contributed by atoms with Crippen LogP contribution in [0.4, 0.5) is 4.39 Å². The van der Waals surface area contributed by atoms with E-state index in [1.807, 2.05) is 41.2 Å². The molecule has 0 amide bonds. The third-order valence-corrected chi connectivity index (χ3v) is 7.25. The van der Waals surface area contributed by atoms with Gasteiger partial charge in [0.25, 0.3) is 0 Å². The van der Waals surface area contributed by atoms with Crippen molar-refractivity contribution < 1.29 is 4.39 Å². The Labute approximate surface area is 169 Å². The van der Waals surface area contributed by atoms with E-state index < -0.39 is 0 Å². The first kappa shape index (κ1) is 17.7. The lowest BCUT2D eigenvalue weighted by Gasteiger charge is -2.39. The topological polar surface area (TPSA) is 25.8 Å². The van der Waals surface area contributed by atoms with Gasteiger partial charge in [-0.3, -0.25) is 4.98 Å². The lowest BCUT2D eigenvalue weighted by atomic mass is 9.66. The normalized spacial score (nSPS) is 24.1. The van der Waals surface area contributed by atoms with Crippen molar-refractivity contribution in [3.05, 3.63) is 76.3 Å². The summed E-state index contributed by atoms with van der Waals surface area (Å²) < 4.78 is 13.5. The predicted octanol–water partition coefficient (Wildman–Crippen LogP) is 6.50. The molecule has 3 atom stereocenters. The molecule has 0 bridgehead atoms. The van der Waals surface area contributed by atoms with Crippen LogP contribution in [0.3, 0.4) is 0 Å². The van der Waals surface area contributed by atoms with Gasteiger partial charge in [0.15, 0.2) is 0 Å². The molecule has 2 aliphatic carbocycles. The van der Waals surface area contributed by atoms with Crippen LogP contribution in [0.15, 0.2) is 54.2 Å². The van der Waals surface area contributed by atoms with Gasteiger partial charge < -0.3 is 0 Å². The molecule has 1 aromatic carbocycles. The Hall–Kier alpha value is -2.33. The Morgan fingerprint density at radius 2 is 1.96 bits per heavy atom. The minimum Gasteiger partial charge on any atom is -0.256 e. The van der Waals surface area contributed by atoms with Crippen LogP contribution in [0.25, 0.3) is 17.2 Å². The predicted molar refractivity (Wildman–Crippen MR) is 113 cm³/mol. The molecule has 142 valence electrons. The monoisotopic (exact) mass is 390 g/mol. The summed E-state index contributed by atoms with van der Waals surface area (Å²) >= 11 is 1.81. The molecule has 28 heavy (non-hydrogen) atoms. The van der Waals surface area contributed by atoms with E-state index in [-0.39, 0.29) is 5.82 Å². The largest absolute Gasteiger partial charge is 0.256 e. The minimum absolute atomic E-state index is 0.221. The fourth-order valence-electron chi connectivity index (χ4n) is 4.88. The van der Waals surface area contributed by atoms with E-state index in [9.17, 15) is 4.39 Å². The van der Waals surface area contributed by atoms with Gasteiger partial charge >= 0.3 is 0 Å². The van der Waals surface area contributed by atoms with Gasteiger partial charge in [-0.05, 0) is 60.9 Å². The first-order valence-electron chi connectivity index (χ1n) is 10.1. The zero-order valence-corrected chi connectivity index (χ0v) is 16.5. The highest BCUT2D eigenvalue weighted by Gasteiger charge is 2.38. The SMILES string of the molecule is Fc1cccc(-c2ccc(/C=C/C3c4scnc4CC4CCCCC43)nc2)c1. The molecule has 5 rings (SSSR count). The van der Waals surface area contributed by atoms with E-state index in [4.69, 9.17) is 0 Å². The number of pyridine rings is 1. The van der Waals surface area contributed by atoms with Crippen molar-refractivity contribution in [2.45, 2.75) is 38.0 Å². The highest BCUT2D eigenvalue weighted by molar-refractivity contribution is 7.09. The van der Waals surface area contributed by atoms with Crippen molar-refractivity contribution in [2.24, 2.45) is 11.8 Å². The number of benzene rings is 1. The maximum absolute atomic E-state index is 13.5. The van der Waals surface area contributed by atoms with Crippen LogP contribution in [0.5, 0.6) is 0 Å². The molecule has 2 heterocycles. The fourth-order valence-corrected chi connectivity index (χ4v) is 5.86. The Morgan fingerprint density at radius 3 is 2.82 bits per heavy atom. The molecule has 4 heteroatoms. The summed E-state index contributed by atoms with van der Waals surface area (Å²) in [6.45, 7) is 0. The Kier molecular flexibility index (Phi) is 4.81. The maximum Gasteiger partial charge on any atom is 0.123 e. The Morgan fingerprint density at radius 1 is 1.04 bits per heavy atom. The molecule has 0 aliphatic heterocycles. The average molecular weight is 391 g/mol. The van der Waals surface area contributed by atoms with Crippen molar-refractivity contribution in [1.29, 1.82) is 0 Å². The molecule has 0 radical (unpaired) electrons. The molecule has 2 aliphatic rings. The highest BCUT2D eigenvalue weighted by atomic mass is 32.1. The smallest absolute Gasteiger partial charge is 0.123 e. The fraction of sp³-hybridized carbons (Fsp3) is 0.333. The van der Waals surface area contributed by atoms with Crippen LogP contribution in [-0.4, -0.2) is 9.97 Å². The van der Waals surface area contributed by atoms with Crippen LogP contribution in [0.2, 0.25) is 0 Å². The van der Waals surface area contributed by atoms with Gasteiger partial charge in [-0.2, -0.15) is 0 Å². The van der Waals surface area contributed by atoms with E-state index in [0.717, 1.165) is 35.1 Å². The lowest BCUT2D eigenvalue weighted by molar-refractivity contribution is 0.203. The van der Waals surface area contributed by atoms with Gasteiger partial charge in [-0.1, -0.05) is 37.1 Å². The van der Waals surface area contributed by atoms with E-state index in [2.05, 4.69) is 22.1 Å². The van der Waals surface area contributed by atoms with Gasteiger partial charge in [0, 0.05) is 22.6 Å². The highest BCUT2D eigenvalue weighted by Crippen LogP contribution is 2.48. The van der Waals surface area contributed by atoms with E-state index >= 15 is 0 Å². The quantitative estimate of drug-likeness (QED) is 0.510. The molecule has 2 nitrogen and oxygen atoms in total. The van der Waals surface area contributed by atoms with E-state index in [0.29, 0.717) is 5.92 Å². The third-order valence-electron chi connectivity index (χ3n) is 6.28. The average Bonchev–Trinajstić information content (AvgIpc) is 3.20. The van der Waals surface area contributed by atoms with Gasteiger partial charge in [-0.25, -0.2) is 9.37 Å². The molecule has 1 fully saturated rings. The molecular weight excluding hydrogens is 367 g/mol. The number of hydrogen-bond acceptors (Lipinski definition) is 3. The van der Waals surface area contributed by atoms with Gasteiger partial charge in [0.2, 0.25) is 0 Å². The van der Waals surface area contributed by atoms with Crippen LogP contribution in [0, 0.1) is 17.7 Å². The van der Waals surface area contributed by atoms with Gasteiger partial charge in [0.05, 0.1) is 16.9 Å². The standard InChI is InChI=1S/C24H23FN2S/c25-19-6-3-5-16(12-19)18-8-9-20(26-14-18)10-11-22-21-7-2-1-4-17(21)13-23-24(22)28-15-27-23/h3,5-6,8-12,14-15,17,21-22H,1-2,4,7,13H2/b11-10+. The number of halogens is 1. The molecule has 0 spiro atoms. The van der Waals surface area contributed by atoms with Crippen molar-refractivity contribution in [1.82, 2.24) is 9.97 Å². The second-order valence-electron chi connectivity index (χ2n) is 7.94. The molecule has 3 unspecified atom stereocenters. The summed E-state index contributed by atoms with van der Waals surface area (Å²) in [5.41, 5.74) is 6.07. The number of hydrogen-bond donors (Lipinski definition) is 0. The molecule has 0 N–H and O–H groups in total. The van der Waals surface area contributed by atoms with Gasteiger partial charge in [0.1, 0.15) is 5.82 Å². The first-order valence-corrected chi connectivity index (χ1v) is 11.0. The van der Waals surface area contributed by atoms with E-state index in [1.165, 1.54) is 42.3 Å². The van der Waals surface area contributed by atoms with Crippen molar-refractivity contribution in [3.63, 3.8) is 0 Å². The number of thiazole rings is 1. The summed E-state index contributed by atoms with van der Waals surface area (Å²) in [5.74, 6) is 1.76. The number of nitrogens with zero attached hydrogens (tertiary/aromatic N) is 2. The number of fused-ring (bicyclic) bond motifs is 2. The molecule has 2 aromatic heterocycles. The van der Waals surface area contributed by atoms with Crippen LogP contribution >= 0.6 is 11.3 Å². The zero-order valence-electron chi connectivity index (χ0n) is 15.7. The summed E-state index contributed by atoms with van der Waals surface area (Å²) in [6, 6.07) is 10.7. The molecule has 3 aromatic rings. The molecule has 0 saturated heterocycles. The lowest BCUT2D eigenvalue weighted by Crippen LogP contribution is -2.30. The summed E-state index contributed by atoms with van der Waals surface area (Å²) in [5, 5.41) is 0. The summed E-state index contributed by atoms with van der Waals surface area (Å²) in [7, 11) is 0. The number of aromatic nitrogens is 2. The van der Waals surface area contributed by atoms with Gasteiger partial charge in [-0.15, -0.1) is 11.3 Å². The van der Waals surface area contributed by atoms with Crippen molar-refractivity contribution in [2.75, 3.05) is 0 Å². The Bertz CT molecular complexity index is 992. The number of allylic oxidation sites excluding steroid dienone is 1. The van der Waals surface area contributed by atoms with Crippen LogP contribution in [0.1, 0.15) is 47.9 Å². The van der Waals surface area contributed by atoms with Crippen LogP contribution in [-0.2, 0) is 6.42 Å². The molecule has 1 saturated carbocycles. The minimum atomic E-state index is -0.221. The second-order valence-corrected chi connectivity index (χ2v) is 8.83. The third kappa shape index (κ3) is 3.42. The molecular formula is C24H23FN2S. The van der Waals surface area contributed by atoms with E-state index in [1.54, 1.807) is 12.1 Å². The van der Waals surface area contributed by atoms with Crippen molar-refractivity contribution in [3.8, 4) is 11.1 Å². The zero-order chi connectivity index (χ0) is 18.9. The number of rotatable bonds is 3.